The van der Waals surface area contributed by atoms with E-state index >= 15 is 4.39 Å². The van der Waals surface area contributed by atoms with E-state index in [4.69, 9.17) is 0 Å². The fourth-order valence-corrected chi connectivity index (χ4v) is 6.44. The van der Waals surface area contributed by atoms with Crippen LogP contribution < -0.4 is 16.0 Å². The third kappa shape index (κ3) is 8.74. The highest BCUT2D eigenvalue weighted by Gasteiger charge is 2.40. The molecule has 1 aromatic heterocycles. The number of alkyl halides is 2. The minimum Gasteiger partial charge on any atom is -0.339 e. The van der Waals surface area contributed by atoms with Gasteiger partial charge in [0, 0.05) is 51.3 Å². The Kier molecular flexibility index (Phi) is 11.9. The van der Waals surface area contributed by atoms with Crippen molar-refractivity contribution in [3.8, 4) is 0 Å². The predicted octanol–water partition coefficient (Wildman–Crippen LogP) is 4.01. The van der Waals surface area contributed by atoms with E-state index in [1.807, 2.05) is 20.9 Å². The Morgan fingerprint density at radius 2 is 1.73 bits per heavy atom. The largest absolute Gasteiger partial charge is 0.339 e. The lowest BCUT2D eigenvalue weighted by atomic mass is 9.79. The summed E-state index contributed by atoms with van der Waals surface area (Å²) >= 11 is 0. The quantitative estimate of drug-likeness (QED) is 0.330. The number of halogens is 3. The van der Waals surface area contributed by atoms with E-state index in [1.165, 1.54) is 27.9 Å². The molecule has 0 radical (unpaired) electrons. The number of carbonyl (C=O) groups is 4. The molecule has 2 aromatic rings. The molecule has 3 N–H and O–H groups in total. The van der Waals surface area contributed by atoms with Crippen LogP contribution in [0, 0.1) is 17.7 Å². The van der Waals surface area contributed by atoms with E-state index in [-0.39, 0.29) is 23.2 Å². The van der Waals surface area contributed by atoms with Crippen LogP contribution in [0.3, 0.4) is 0 Å². The van der Waals surface area contributed by atoms with Crippen LogP contribution in [0.1, 0.15) is 82.3 Å². The lowest BCUT2D eigenvalue weighted by Crippen LogP contribution is -2.59. The number of nitrogens with zero attached hydrogens (tertiary/aromatic N) is 4. The highest BCUT2D eigenvalue weighted by atomic mass is 19.3. The number of hydrogen-bond donors (Lipinski definition) is 3. The molecule has 264 valence electrons. The average molecular weight is 676 g/mol. The third-order valence-electron chi connectivity index (χ3n) is 9.85. The number of hydrogen-bond acceptors (Lipinski definition) is 6. The van der Waals surface area contributed by atoms with Gasteiger partial charge in [-0.15, -0.1) is 0 Å². The third-order valence-corrected chi connectivity index (χ3v) is 9.85. The van der Waals surface area contributed by atoms with Crippen molar-refractivity contribution < 1.29 is 32.3 Å². The Hall–Kier alpha value is -3.94. The number of anilines is 1. The molecule has 2 fully saturated rings. The van der Waals surface area contributed by atoms with E-state index in [9.17, 15) is 28.0 Å². The summed E-state index contributed by atoms with van der Waals surface area (Å²) in [6, 6.07) is 3.22. The average Bonchev–Trinajstić information content (AvgIpc) is 3.53. The molecule has 0 bridgehead atoms. The van der Waals surface area contributed by atoms with Crippen LogP contribution >= 0.6 is 0 Å². The highest BCUT2D eigenvalue weighted by molar-refractivity contribution is 6.00. The molecule has 2 heterocycles. The summed E-state index contributed by atoms with van der Waals surface area (Å²) in [4.78, 5) is 56.5. The molecule has 4 atom stereocenters. The van der Waals surface area contributed by atoms with Crippen molar-refractivity contribution in [1.29, 1.82) is 0 Å². The van der Waals surface area contributed by atoms with Crippen molar-refractivity contribution in [3.05, 3.63) is 47.5 Å². The first kappa shape index (κ1) is 36.9. The highest BCUT2D eigenvalue weighted by Crippen LogP contribution is 2.32. The molecule has 48 heavy (non-hydrogen) atoms. The maximum absolute atomic E-state index is 15.7. The van der Waals surface area contributed by atoms with Crippen molar-refractivity contribution in [2.24, 2.45) is 11.8 Å². The van der Waals surface area contributed by atoms with Gasteiger partial charge in [0.25, 0.3) is 11.8 Å². The van der Waals surface area contributed by atoms with Crippen molar-refractivity contribution in [3.63, 3.8) is 0 Å². The molecule has 0 unspecified atom stereocenters. The van der Waals surface area contributed by atoms with E-state index in [0.29, 0.717) is 44.7 Å². The zero-order valence-electron chi connectivity index (χ0n) is 28.6. The Bertz CT molecular complexity index is 1470. The van der Waals surface area contributed by atoms with Crippen molar-refractivity contribution in [2.75, 3.05) is 32.0 Å². The smallest absolute Gasteiger partial charge is 0.321 e. The molecule has 1 aliphatic carbocycles. The number of piperazine rings is 1. The molecular weight excluding hydrogens is 627 g/mol. The summed E-state index contributed by atoms with van der Waals surface area (Å²) in [5, 5.41) is 11.8. The normalized spacial score (nSPS) is 22.4. The Balaban J connectivity index is 1.55. The zero-order valence-corrected chi connectivity index (χ0v) is 28.6. The van der Waals surface area contributed by atoms with Crippen LogP contribution in [-0.2, 0) is 20.9 Å². The number of carbonyl (C=O) groups excluding carboxylic acids is 4. The topological polar surface area (TPSA) is 129 Å². The van der Waals surface area contributed by atoms with Gasteiger partial charge in [-0.2, -0.15) is 13.9 Å². The first-order chi connectivity index (χ1) is 22.6. The monoisotopic (exact) mass is 675 g/mol. The van der Waals surface area contributed by atoms with Crippen LogP contribution in [0.2, 0.25) is 0 Å². The molecule has 2 aliphatic rings. The Morgan fingerprint density at radius 3 is 2.33 bits per heavy atom. The lowest BCUT2D eigenvalue weighted by Gasteiger charge is -2.40. The second kappa shape index (κ2) is 15.5. The second-order valence-electron chi connectivity index (χ2n) is 13.5. The molecule has 4 amide bonds. The predicted molar refractivity (Wildman–Crippen MR) is 175 cm³/mol. The molecule has 1 aromatic carbocycles. The van der Waals surface area contributed by atoms with Crippen LogP contribution in [0.5, 0.6) is 0 Å². The molecule has 1 saturated carbocycles. The molecular formula is C34H48F3N7O4. The van der Waals surface area contributed by atoms with Gasteiger partial charge in [0.05, 0.1) is 5.69 Å². The number of rotatable bonds is 11. The maximum Gasteiger partial charge on any atom is 0.321 e. The van der Waals surface area contributed by atoms with E-state index in [2.05, 4.69) is 32.9 Å². The fraction of sp³-hybridized carbons (Fsp3) is 0.618. The van der Waals surface area contributed by atoms with Crippen molar-refractivity contribution >= 4 is 29.3 Å². The molecule has 1 aliphatic heterocycles. The van der Waals surface area contributed by atoms with Gasteiger partial charge in [-0.05, 0) is 69.3 Å². The summed E-state index contributed by atoms with van der Waals surface area (Å²) in [7, 11) is 1.92. The molecule has 11 nitrogen and oxygen atoms in total. The Morgan fingerprint density at radius 1 is 1.04 bits per heavy atom. The summed E-state index contributed by atoms with van der Waals surface area (Å²) in [6.07, 6.45) is 4.74. The SMILES string of the molecule is CCn1nccc1C(=O)N[C@H](C(=O)Nc1ccc([C@H](C)[C@@H](NC(=O)C(C)(F)F)C(=O)N2CCN(C)[C@H](C)C2)cc1F)[C@H]1CC[C@H](C)CC1. The van der Waals surface area contributed by atoms with Crippen molar-refractivity contribution in [2.45, 2.75) is 96.8 Å². The summed E-state index contributed by atoms with van der Waals surface area (Å²) in [5.74, 6) is -8.26. The minimum absolute atomic E-state index is 0.0155. The number of nitrogens with one attached hydrogen (secondary N) is 3. The van der Waals surface area contributed by atoms with Crippen LogP contribution in [-0.4, -0.2) is 93.9 Å². The Labute approximate surface area is 280 Å². The van der Waals surface area contributed by atoms with Gasteiger partial charge in [-0.3, -0.25) is 23.9 Å². The maximum atomic E-state index is 15.7. The number of benzene rings is 1. The number of amides is 4. The molecule has 0 spiro atoms. The van der Waals surface area contributed by atoms with Crippen molar-refractivity contribution in [1.82, 2.24) is 30.2 Å². The summed E-state index contributed by atoms with van der Waals surface area (Å²) in [6.45, 7) is 9.66. The van der Waals surface area contributed by atoms with Crippen LogP contribution in [0.4, 0.5) is 18.9 Å². The van der Waals surface area contributed by atoms with Gasteiger partial charge in [-0.1, -0.05) is 32.8 Å². The first-order valence-corrected chi connectivity index (χ1v) is 16.7. The number of likely N-dealkylation sites (N-methyl/N-ethyl adjacent to an activating group) is 1. The molecule has 14 heteroatoms. The second-order valence-corrected chi connectivity index (χ2v) is 13.5. The zero-order chi connectivity index (χ0) is 35.3. The molecule has 1 saturated heterocycles. The van der Waals surface area contributed by atoms with Gasteiger partial charge < -0.3 is 25.8 Å². The van der Waals surface area contributed by atoms with Crippen LogP contribution in [0.15, 0.2) is 30.5 Å². The lowest BCUT2D eigenvalue weighted by molar-refractivity contribution is -0.148. The summed E-state index contributed by atoms with van der Waals surface area (Å²) < 4.78 is 45.1. The van der Waals surface area contributed by atoms with Gasteiger partial charge in [0.1, 0.15) is 23.6 Å². The van der Waals surface area contributed by atoms with Crippen LogP contribution in [0.25, 0.3) is 0 Å². The van der Waals surface area contributed by atoms with E-state index < -0.39 is 53.4 Å². The first-order valence-electron chi connectivity index (χ1n) is 16.7. The van der Waals surface area contributed by atoms with Gasteiger partial charge in [-0.25, -0.2) is 4.39 Å². The summed E-state index contributed by atoms with van der Waals surface area (Å²) in [5.41, 5.74) is 0.439. The van der Waals surface area contributed by atoms with E-state index in [1.54, 1.807) is 13.0 Å². The fourth-order valence-electron chi connectivity index (χ4n) is 6.44. The van der Waals surface area contributed by atoms with E-state index in [0.717, 1.165) is 31.7 Å². The minimum atomic E-state index is -3.73. The number of aromatic nitrogens is 2. The van der Waals surface area contributed by atoms with Gasteiger partial charge >= 0.3 is 5.92 Å². The van der Waals surface area contributed by atoms with Gasteiger partial charge in [0.2, 0.25) is 11.8 Å². The number of aryl methyl sites for hydroxylation is 1. The van der Waals surface area contributed by atoms with Gasteiger partial charge in [0.15, 0.2) is 0 Å². The molecule has 4 rings (SSSR count). The standard InChI is InChI=1S/C34H48F3N7O4/c1-7-44-27(14-15-38-44)30(45)40-29(23-10-8-20(2)9-11-23)31(46)39-26-13-12-24(18-25(26)35)22(4)28(41-33(48)34(5,36)37)32(47)43-17-16-42(6)21(3)19-43/h12-15,18,20-23,28-29H,7-11,16-17,19H2,1-6H3,(H,39,46)(H,40,45)(H,41,48)/t20-,21-,22+,23-,28-,29+/m1/s1.